The van der Waals surface area contributed by atoms with E-state index in [1.807, 2.05) is 67.7 Å². The third-order valence-electron chi connectivity index (χ3n) is 5.92. The van der Waals surface area contributed by atoms with Gasteiger partial charge >= 0.3 is 5.97 Å². The van der Waals surface area contributed by atoms with Crippen LogP contribution in [0.4, 0.5) is 0 Å². The minimum Gasteiger partial charge on any atom is -0.476 e. The average molecular weight is 579 g/mol. The highest BCUT2D eigenvalue weighted by atomic mass is 79.9. The van der Waals surface area contributed by atoms with Crippen molar-refractivity contribution in [1.29, 1.82) is 0 Å². The number of hydrogen-bond acceptors (Lipinski definition) is 7. The molecule has 0 unspecified atom stereocenters. The van der Waals surface area contributed by atoms with Gasteiger partial charge in [-0.05, 0) is 81.3 Å². The number of oxazole rings is 1. The largest absolute Gasteiger partial charge is 0.476 e. The number of pyridine rings is 1. The fraction of sp³-hybridized carbons (Fsp3) is 0.300. The van der Waals surface area contributed by atoms with Gasteiger partial charge in [-0.2, -0.15) is 0 Å². The zero-order chi connectivity index (χ0) is 27.1. The third-order valence-corrected chi connectivity index (χ3v) is 6.41. The van der Waals surface area contributed by atoms with E-state index in [4.69, 9.17) is 18.9 Å². The molecular weight excluding hydrogens is 546 g/mol. The van der Waals surface area contributed by atoms with Gasteiger partial charge in [0.05, 0.1) is 12.3 Å². The number of benzene rings is 2. The lowest BCUT2D eigenvalue weighted by Crippen LogP contribution is -2.39. The normalized spacial score (nSPS) is 11.4. The number of ether oxygens (including phenoxy) is 2. The molecule has 0 amide bonds. The highest BCUT2D eigenvalue weighted by molar-refractivity contribution is 9.10. The Balaban J connectivity index is 1.31. The summed E-state index contributed by atoms with van der Waals surface area (Å²) in [6.45, 7) is 8.83. The van der Waals surface area contributed by atoms with Crippen LogP contribution in [0.3, 0.4) is 0 Å². The van der Waals surface area contributed by atoms with Gasteiger partial charge in [0.25, 0.3) is 0 Å². The first-order valence-corrected chi connectivity index (χ1v) is 13.3. The molecule has 2 heterocycles. The molecule has 198 valence electrons. The molecule has 8 heteroatoms. The van der Waals surface area contributed by atoms with Gasteiger partial charge in [0.2, 0.25) is 5.89 Å². The summed E-state index contributed by atoms with van der Waals surface area (Å²) in [6.07, 6.45) is 2.43. The predicted octanol–water partition coefficient (Wildman–Crippen LogP) is 6.41. The molecule has 0 atom stereocenters. The molecule has 1 N–H and O–H groups in total. The average Bonchev–Trinajstić information content (AvgIpc) is 3.25. The number of esters is 1. The molecule has 2 aromatic carbocycles. The van der Waals surface area contributed by atoms with Crippen molar-refractivity contribution >= 4 is 21.9 Å². The summed E-state index contributed by atoms with van der Waals surface area (Å²) in [5, 5.41) is 3.47. The van der Waals surface area contributed by atoms with Crippen LogP contribution < -0.4 is 10.1 Å². The summed E-state index contributed by atoms with van der Waals surface area (Å²) in [5.74, 6) is 1.64. The molecule has 38 heavy (non-hydrogen) atoms. The fourth-order valence-electron chi connectivity index (χ4n) is 3.91. The van der Waals surface area contributed by atoms with E-state index in [9.17, 15) is 4.79 Å². The molecule has 4 aromatic rings. The van der Waals surface area contributed by atoms with E-state index in [2.05, 4.69) is 32.3 Å². The molecular formula is C30H32BrN3O4. The lowest BCUT2D eigenvalue weighted by molar-refractivity contribution is -0.158. The summed E-state index contributed by atoms with van der Waals surface area (Å²) in [7, 11) is 0. The molecule has 0 aliphatic rings. The van der Waals surface area contributed by atoms with Crippen molar-refractivity contribution in [3.05, 3.63) is 99.6 Å². The maximum atomic E-state index is 12.1. The van der Waals surface area contributed by atoms with Gasteiger partial charge in [-0.1, -0.05) is 34.1 Å². The maximum absolute atomic E-state index is 12.1. The van der Waals surface area contributed by atoms with Crippen molar-refractivity contribution in [1.82, 2.24) is 15.3 Å². The standard InChI is InChI=1S/C30H32BrN3O4/c1-5-36-29(35)30(3,4)38-26-11-9-21(10-12-26)18-32-19-22-13-14-33-25(15-22)17-27-20(2)37-28(34-27)23-7-6-8-24(31)16-23/h6-16,32H,5,17-19H2,1-4H3. The van der Waals surface area contributed by atoms with Gasteiger partial charge in [0, 0.05) is 41.4 Å². The number of halogens is 1. The van der Waals surface area contributed by atoms with Crippen molar-refractivity contribution in [2.75, 3.05) is 6.61 Å². The fourth-order valence-corrected chi connectivity index (χ4v) is 4.31. The zero-order valence-corrected chi connectivity index (χ0v) is 23.7. The van der Waals surface area contributed by atoms with Crippen molar-refractivity contribution in [2.45, 2.75) is 52.8 Å². The highest BCUT2D eigenvalue weighted by Gasteiger charge is 2.31. The number of carbonyl (C=O) groups excluding carboxylic acids is 1. The van der Waals surface area contributed by atoms with E-state index in [-0.39, 0.29) is 5.97 Å². The molecule has 7 nitrogen and oxygen atoms in total. The van der Waals surface area contributed by atoms with Crippen LogP contribution in [0.25, 0.3) is 11.5 Å². The minimum absolute atomic E-state index is 0.322. The van der Waals surface area contributed by atoms with E-state index in [0.717, 1.165) is 38.3 Å². The summed E-state index contributed by atoms with van der Waals surface area (Å²) < 4.78 is 17.8. The first kappa shape index (κ1) is 27.5. The Hall–Kier alpha value is -3.49. The van der Waals surface area contributed by atoms with Crippen LogP contribution in [0, 0.1) is 6.92 Å². The number of carbonyl (C=O) groups is 1. The number of aromatic nitrogens is 2. The summed E-state index contributed by atoms with van der Waals surface area (Å²) in [5.41, 5.74) is 3.96. The van der Waals surface area contributed by atoms with E-state index < -0.39 is 5.60 Å². The number of nitrogens with one attached hydrogen (secondary N) is 1. The van der Waals surface area contributed by atoms with Crippen LogP contribution in [0.15, 0.2) is 75.8 Å². The van der Waals surface area contributed by atoms with Gasteiger partial charge in [-0.3, -0.25) is 4.98 Å². The smallest absolute Gasteiger partial charge is 0.349 e. The molecule has 0 saturated heterocycles. The second-order valence-corrected chi connectivity index (χ2v) is 10.4. The number of hydrogen-bond donors (Lipinski definition) is 1. The Morgan fingerprint density at radius 2 is 1.82 bits per heavy atom. The zero-order valence-electron chi connectivity index (χ0n) is 22.1. The predicted molar refractivity (Wildman–Crippen MR) is 150 cm³/mol. The molecule has 0 saturated carbocycles. The Bertz CT molecular complexity index is 1380. The Morgan fingerprint density at radius 1 is 1.05 bits per heavy atom. The maximum Gasteiger partial charge on any atom is 0.349 e. The lowest BCUT2D eigenvalue weighted by Gasteiger charge is -2.24. The highest BCUT2D eigenvalue weighted by Crippen LogP contribution is 2.25. The van der Waals surface area contributed by atoms with Crippen LogP contribution in [-0.4, -0.2) is 28.1 Å². The molecule has 0 aliphatic carbocycles. The van der Waals surface area contributed by atoms with Crippen molar-refractivity contribution in [3.63, 3.8) is 0 Å². The first-order chi connectivity index (χ1) is 18.2. The molecule has 0 fully saturated rings. The number of rotatable bonds is 11. The molecule has 0 radical (unpaired) electrons. The van der Waals surface area contributed by atoms with Crippen molar-refractivity contribution in [3.8, 4) is 17.2 Å². The van der Waals surface area contributed by atoms with Gasteiger partial charge in [-0.15, -0.1) is 0 Å². The quantitative estimate of drug-likeness (QED) is 0.206. The van der Waals surface area contributed by atoms with E-state index >= 15 is 0 Å². The molecule has 0 spiro atoms. The third kappa shape index (κ3) is 7.30. The summed E-state index contributed by atoms with van der Waals surface area (Å²) in [6, 6.07) is 19.7. The van der Waals surface area contributed by atoms with Crippen LogP contribution in [0.5, 0.6) is 5.75 Å². The summed E-state index contributed by atoms with van der Waals surface area (Å²) >= 11 is 3.50. The topological polar surface area (TPSA) is 86.5 Å². The van der Waals surface area contributed by atoms with Crippen LogP contribution in [0.2, 0.25) is 0 Å². The second-order valence-electron chi connectivity index (χ2n) is 9.44. The monoisotopic (exact) mass is 577 g/mol. The molecule has 0 aliphatic heterocycles. The Morgan fingerprint density at radius 3 is 2.55 bits per heavy atom. The van der Waals surface area contributed by atoms with E-state index in [0.29, 0.717) is 37.8 Å². The SMILES string of the molecule is CCOC(=O)C(C)(C)Oc1ccc(CNCc2ccnc(Cc3nc(-c4cccc(Br)c4)oc3C)c2)cc1. The second kappa shape index (κ2) is 12.4. The summed E-state index contributed by atoms with van der Waals surface area (Å²) in [4.78, 5) is 21.3. The Labute approximate surface area is 231 Å². The molecule has 4 rings (SSSR count). The Kier molecular flexibility index (Phi) is 8.97. The van der Waals surface area contributed by atoms with Crippen LogP contribution in [-0.2, 0) is 29.0 Å². The lowest BCUT2D eigenvalue weighted by atomic mass is 10.1. The van der Waals surface area contributed by atoms with Gasteiger partial charge in [0.15, 0.2) is 5.60 Å². The van der Waals surface area contributed by atoms with Crippen molar-refractivity contribution < 1.29 is 18.7 Å². The number of aryl methyl sites for hydroxylation is 1. The number of nitrogens with zero attached hydrogens (tertiary/aromatic N) is 2. The molecule has 0 bridgehead atoms. The van der Waals surface area contributed by atoms with E-state index in [1.165, 1.54) is 0 Å². The van der Waals surface area contributed by atoms with Crippen molar-refractivity contribution in [2.24, 2.45) is 0 Å². The van der Waals surface area contributed by atoms with E-state index in [1.54, 1.807) is 20.8 Å². The molecule has 2 aromatic heterocycles. The first-order valence-electron chi connectivity index (χ1n) is 12.6. The van der Waals surface area contributed by atoms with Crippen LogP contribution in [0.1, 0.15) is 49.0 Å². The van der Waals surface area contributed by atoms with Gasteiger partial charge in [0.1, 0.15) is 11.5 Å². The van der Waals surface area contributed by atoms with Gasteiger partial charge < -0.3 is 19.2 Å². The minimum atomic E-state index is -1.04. The van der Waals surface area contributed by atoms with Crippen LogP contribution >= 0.6 is 15.9 Å². The van der Waals surface area contributed by atoms with Gasteiger partial charge in [-0.25, -0.2) is 9.78 Å².